The van der Waals surface area contributed by atoms with Crippen molar-refractivity contribution in [2.24, 2.45) is 0 Å². The Morgan fingerprint density at radius 2 is 1.76 bits per heavy atom. The van der Waals surface area contributed by atoms with E-state index in [1.54, 1.807) is 0 Å². The molecule has 0 aliphatic rings. The van der Waals surface area contributed by atoms with Gasteiger partial charge in [-0.1, -0.05) is 46.8 Å². The monoisotopic (exact) mass is 251 g/mol. The van der Waals surface area contributed by atoms with Crippen LogP contribution in [0, 0.1) is 0 Å². The smallest absolute Gasteiger partial charge is 0.00720 e. The summed E-state index contributed by atoms with van der Waals surface area (Å²) in [5.74, 6) is 1.14. The third kappa shape index (κ3) is 4.72. The maximum absolute atomic E-state index is 3.52. The van der Waals surface area contributed by atoms with Crippen molar-refractivity contribution in [2.75, 3.05) is 12.3 Å². The molecule has 96 valence electrons. The fourth-order valence-electron chi connectivity index (χ4n) is 1.73. The van der Waals surface area contributed by atoms with Gasteiger partial charge in [-0.2, -0.15) is 0 Å². The molecular weight excluding hydrogens is 226 g/mol. The van der Waals surface area contributed by atoms with Gasteiger partial charge in [0.25, 0.3) is 0 Å². The molecule has 0 spiro atoms. The molecule has 0 unspecified atom stereocenters. The Morgan fingerprint density at radius 3 is 2.24 bits per heavy atom. The van der Waals surface area contributed by atoms with Crippen LogP contribution in [0.4, 0.5) is 0 Å². The summed E-state index contributed by atoms with van der Waals surface area (Å²) in [5.41, 5.74) is 1.60. The van der Waals surface area contributed by atoms with E-state index in [4.69, 9.17) is 0 Å². The lowest BCUT2D eigenvalue weighted by Gasteiger charge is -2.27. The van der Waals surface area contributed by atoms with Crippen LogP contribution in [0.15, 0.2) is 29.2 Å². The fourth-order valence-corrected chi connectivity index (χ4v) is 2.39. The lowest BCUT2D eigenvalue weighted by atomic mass is 9.84. The second-order valence-electron chi connectivity index (χ2n) is 5.38. The maximum atomic E-state index is 3.52. The molecule has 17 heavy (non-hydrogen) atoms. The minimum atomic E-state index is 0.194. The molecule has 0 amide bonds. The predicted octanol–water partition coefficient (Wildman–Crippen LogP) is 4.07. The average Bonchev–Trinajstić information content (AvgIpc) is 2.28. The second-order valence-corrected chi connectivity index (χ2v) is 6.71. The third-order valence-corrected chi connectivity index (χ3v) is 3.79. The van der Waals surface area contributed by atoms with E-state index in [2.05, 4.69) is 64.2 Å². The van der Waals surface area contributed by atoms with Gasteiger partial charge in [0.2, 0.25) is 0 Å². The molecule has 0 aliphatic heterocycles. The van der Waals surface area contributed by atoms with Crippen molar-refractivity contribution in [3.63, 3.8) is 0 Å². The van der Waals surface area contributed by atoms with E-state index in [1.165, 1.54) is 10.5 Å². The van der Waals surface area contributed by atoms with E-state index in [0.717, 1.165) is 12.3 Å². The molecular formula is C15H25NS. The van der Waals surface area contributed by atoms with Crippen molar-refractivity contribution in [3.05, 3.63) is 29.8 Å². The van der Waals surface area contributed by atoms with E-state index in [-0.39, 0.29) is 5.41 Å². The van der Waals surface area contributed by atoms with Gasteiger partial charge in [0.15, 0.2) is 0 Å². The summed E-state index contributed by atoms with van der Waals surface area (Å²) < 4.78 is 0. The van der Waals surface area contributed by atoms with Crippen LogP contribution in [0.5, 0.6) is 0 Å². The van der Waals surface area contributed by atoms with Crippen molar-refractivity contribution in [1.82, 2.24) is 5.32 Å². The Balaban J connectivity index is 2.70. The van der Waals surface area contributed by atoms with Crippen molar-refractivity contribution in [3.8, 4) is 0 Å². The summed E-state index contributed by atoms with van der Waals surface area (Å²) in [6.45, 7) is 12.2. The van der Waals surface area contributed by atoms with Crippen molar-refractivity contribution < 1.29 is 0 Å². The Kier molecular flexibility index (Phi) is 5.54. The summed E-state index contributed by atoms with van der Waals surface area (Å²) in [6.07, 6.45) is 0. The lowest BCUT2D eigenvalue weighted by Crippen LogP contribution is -2.36. The van der Waals surface area contributed by atoms with Gasteiger partial charge in [-0.15, -0.1) is 11.8 Å². The molecule has 0 aromatic heterocycles. The van der Waals surface area contributed by atoms with Crippen LogP contribution in [0.25, 0.3) is 0 Å². The van der Waals surface area contributed by atoms with E-state index >= 15 is 0 Å². The molecule has 0 atom stereocenters. The highest BCUT2D eigenvalue weighted by molar-refractivity contribution is 7.99. The molecule has 0 saturated carbocycles. The van der Waals surface area contributed by atoms with Gasteiger partial charge >= 0.3 is 0 Å². The fraction of sp³-hybridized carbons (Fsp3) is 0.600. The van der Waals surface area contributed by atoms with Gasteiger partial charge in [-0.05, 0) is 23.4 Å². The topological polar surface area (TPSA) is 12.0 Å². The van der Waals surface area contributed by atoms with Gasteiger partial charge < -0.3 is 5.32 Å². The largest absolute Gasteiger partial charge is 0.314 e. The zero-order chi connectivity index (χ0) is 12.9. The highest BCUT2D eigenvalue weighted by Crippen LogP contribution is 2.25. The Morgan fingerprint density at radius 1 is 1.18 bits per heavy atom. The molecule has 0 bridgehead atoms. The first-order valence-corrected chi connectivity index (χ1v) is 7.41. The second kappa shape index (κ2) is 6.46. The molecule has 0 radical (unpaired) electrons. The summed E-state index contributed by atoms with van der Waals surface area (Å²) in [6, 6.07) is 9.55. The highest BCUT2D eigenvalue weighted by atomic mass is 32.2. The molecule has 1 nitrogen and oxygen atoms in total. The average molecular weight is 251 g/mol. The Labute approximate surface area is 110 Å². The Bertz CT molecular complexity index is 327. The first-order chi connectivity index (χ1) is 7.95. The number of nitrogens with one attached hydrogen (secondary N) is 1. The minimum absolute atomic E-state index is 0.194. The van der Waals surface area contributed by atoms with Crippen molar-refractivity contribution in [1.29, 1.82) is 0 Å². The number of benzene rings is 1. The zero-order valence-corrected chi connectivity index (χ0v) is 12.5. The van der Waals surface area contributed by atoms with Crippen LogP contribution in [-0.2, 0) is 5.41 Å². The highest BCUT2D eigenvalue weighted by Gasteiger charge is 2.20. The van der Waals surface area contributed by atoms with Crippen LogP contribution in [0.3, 0.4) is 0 Å². The maximum Gasteiger partial charge on any atom is 0.00720 e. The molecule has 0 aliphatic carbocycles. The van der Waals surface area contributed by atoms with Gasteiger partial charge in [-0.3, -0.25) is 0 Å². The molecule has 1 aromatic rings. The number of hydrogen-bond donors (Lipinski definition) is 1. The molecule has 1 rings (SSSR count). The SMILES string of the molecule is CCSc1ccc(C(C)(C)CNC(C)C)cc1. The Hall–Kier alpha value is -0.470. The summed E-state index contributed by atoms with van der Waals surface area (Å²) >= 11 is 1.90. The first kappa shape index (κ1) is 14.6. The molecule has 0 fully saturated rings. The van der Waals surface area contributed by atoms with Crippen LogP contribution < -0.4 is 5.32 Å². The predicted molar refractivity (Wildman–Crippen MR) is 79.0 cm³/mol. The van der Waals surface area contributed by atoms with Gasteiger partial charge in [0.05, 0.1) is 0 Å². The normalized spacial score (nSPS) is 12.1. The standard InChI is InChI=1S/C15H25NS/c1-6-17-14-9-7-13(8-10-14)15(4,5)11-16-12(2)3/h7-10,12,16H,6,11H2,1-5H3. The number of thioether (sulfide) groups is 1. The molecule has 2 heteroatoms. The van der Waals surface area contributed by atoms with E-state index < -0.39 is 0 Å². The van der Waals surface area contributed by atoms with Crippen LogP contribution >= 0.6 is 11.8 Å². The van der Waals surface area contributed by atoms with E-state index in [1.807, 2.05) is 11.8 Å². The number of hydrogen-bond acceptors (Lipinski definition) is 2. The van der Waals surface area contributed by atoms with Gasteiger partial charge in [0, 0.05) is 22.9 Å². The summed E-state index contributed by atoms with van der Waals surface area (Å²) in [5, 5.41) is 3.52. The van der Waals surface area contributed by atoms with Crippen LogP contribution in [-0.4, -0.2) is 18.3 Å². The third-order valence-electron chi connectivity index (χ3n) is 2.90. The van der Waals surface area contributed by atoms with Crippen LogP contribution in [0.1, 0.15) is 40.2 Å². The minimum Gasteiger partial charge on any atom is -0.314 e. The first-order valence-electron chi connectivity index (χ1n) is 6.42. The summed E-state index contributed by atoms with van der Waals surface area (Å²) in [4.78, 5) is 1.36. The molecule has 1 N–H and O–H groups in total. The van der Waals surface area contributed by atoms with Crippen LogP contribution in [0.2, 0.25) is 0 Å². The quantitative estimate of drug-likeness (QED) is 0.765. The number of rotatable bonds is 6. The van der Waals surface area contributed by atoms with Crippen molar-refractivity contribution >= 4 is 11.8 Å². The van der Waals surface area contributed by atoms with Gasteiger partial charge in [0.1, 0.15) is 0 Å². The van der Waals surface area contributed by atoms with E-state index in [0.29, 0.717) is 6.04 Å². The molecule has 0 heterocycles. The molecule has 1 aromatic carbocycles. The van der Waals surface area contributed by atoms with Gasteiger partial charge in [-0.25, -0.2) is 0 Å². The lowest BCUT2D eigenvalue weighted by molar-refractivity contribution is 0.441. The molecule has 0 saturated heterocycles. The summed E-state index contributed by atoms with van der Waals surface area (Å²) in [7, 11) is 0. The zero-order valence-electron chi connectivity index (χ0n) is 11.7. The van der Waals surface area contributed by atoms with E-state index in [9.17, 15) is 0 Å². The van der Waals surface area contributed by atoms with Crippen molar-refractivity contribution in [2.45, 2.75) is 51.0 Å².